The van der Waals surface area contributed by atoms with Crippen LogP contribution in [0.1, 0.15) is 39.0 Å². The van der Waals surface area contributed by atoms with Gasteiger partial charge in [-0.15, -0.1) is 6.58 Å². The maximum absolute atomic E-state index is 9.26. The van der Waals surface area contributed by atoms with E-state index in [1.807, 2.05) is 6.08 Å². The van der Waals surface area contributed by atoms with Crippen LogP contribution in [-0.2, 0) is 0 Å². The second-order valence-corrected chi connectivity index (χ2v) is 2.66. The van der Waals surface area contributed by atoms with Gasteiger partial charge in [0, 0.05) is 0 Å². The lowest BCUT2D eigenvalue weighted by Gasteiger charge is -2.06. The SMILES string of the molecule is C=CCCC(O)CCCC. The largest absolute Gasteiger partial charge is 0.393 e. The first kappa shape index (κ1) is 9.70. The summed E-state index contributed by atoms with van der Waals surface area (Å²) in [6.07, 6.45) is 6.83. The van der Waals surface area contributed by atoms with Crippen molar-refractivity contribution in [3.8, 4) is 0 Å². The monoisotopic (exact) mass is 142 g/mol. The molecule has 0 amide bonds. The van der Waals surface area contributed by atoms with Gasteiger partial charge in [-0.1, -0.05) is 25.8 Å². The fraction of sp³-hybridized carbons (Fsp3) is 0.778. The average Bonchev–Trinajstić information content (AvgIpc) is 1.97. The van der Waals surface area contributed by atoms with Crippen molar-refractivity contribution in [1.29, 1.82) is 0 Å². The van der Waals surface area contributed by atoms with Crippen molar-refractivity contribution in [1.82, 2.24) is 0 Å². The summed E-state index contributed by atoms with van der Waals surface area (Å²) in [5.41, 5.74) is 0. The maximum atomic E-state index is 9.26. The minimum Gasteiger partial charge on any atom is -0.393 e. The molecule has 1 unspecified atom stereocenters. The van der Waals surface area contributed by atoms with Crippen LogP contribution in [-0.4, -0.2) is 11.2 Å². The number of aliphatic hydroxyl groups excluding tert-OH is 1. The summed E-state index contributed by atoms with van der Waals surface area (Å²) < 4.78 is 0. The molecule has 1 atom stereocenters. The summed E-state index contributed by atoms with van der Waals surface area (Å²) in [5, 5.41) is 9.26. The van der Waals surface area contributed by atoms with Gasteiger partial charge in [0.05, 0.1) is 6.10 Å². The van der Waals surface area contributed by atoms with Crippen molar-refractivity contribution in [3.63, 3.8) is 0 Å². The molecule has 0 aliphatic carbocycles. The molecule has 0 fully saturated rings. The van der Waals surface area contributed by atoms with Gasteiger partial charge in [0.2, 0.25) is 0 Å². The second kappa shape index (κ2) is 6.81. The van der Waals surface area contributed by atoms with Crippen molar-refractivity contribution in [3.05, 3.63) is 12.7 Å². The lowest BCUT2D eigenvalue weighted by molar-refractivity contribution is 0.153. The molecule has 0 bridgehead atoms. The Morgan fingerprint density at radius 3 is 2.70 bits per heavy atom. The topological polar surface area (TPSA) is 20.2 Å². The molecule has 0 aliphatic heterocycles. The third kappa shape index (κ3) is 5.83. The Morgan fingerprint density at radius 1 is 1.50 bits per heavy atom. The summed E-state index contributed by atoms with van der Waals surface area (Å²) in [5.74, 6) is 0. The average molecular weight is 142 g/mol. The normalized spacial score (nSPS) is 13.0. The van der Waals surface area contributed by atoms with Gasteiger partial charge >= 0.3 is 0 Å². The van der Waals surface area contributed by atoms with Crippen molar-refractivity contribution < 1.29 is 5.11 Å². The van der Waals surface area contributed by atoms with E-state index in [1.54, 1.807) is 0 Å². The van der Waals surface area contributed by atoms with Crippen molar-refractivity contribution in [2.75, 3.05) is 0 Å². The first-order chi connectivity index (χ1) is 4.81. The van der Waals surface area contributed by atoms with Crippen LogP contribution in [0.25, 0.3) is 0 Å². The van der Waals surface area contributed by atoms with Crippen LogP contribution in [0.3, 0.4) is 0 Å². The Bertz CT molecular complexity index is 78.8. The van der Waals surface area contributed by atoms with Crippen LogP contribution in [0.5, 0.6) is 0 Å². The Labute approximate surface area is 63.8 Å². The van der Waals surface area contributed by atoms with E-state index >= 15 is 0 Å². The number of unbranched alkanes of at least 4 members (excludes halogenated alkanes) is 1. The first-order valence-electron chi connectivity index (χ1n) is 4.10. The molecule has 0 aromatic rings. The number of aliphatic hydroxyl groups is 1. The smallest absolute Gasteiger partial charge is 0.0543 e. The van der Waals surface area contributed by atoms with E-state index in [2.05, 4.69) is 13.5 Å². The van der Waals surface area contributed by atoms with Crippen LogP contribution >= 0.6 is 0 Å². The van der Waals surface area contributed by atoms with E-state index in [0.717, 1.165) is 25.7 Å². The zero-order valence-electron chi connectivity index (χ0n) is 6.84. The lowest BCUT2D eigenvalue weighted by Crippen LogP contribution is -2.04. The van der Waals surface area contributed by atoms with Gasteiger partial charge < -0.3 is 5.11 Å². The molecule has 60 valence electrons. The molecule has 0 spiro atoms. The highest BCUT2D eigenvalue weighted by Gasteiger charge is 1.99. The van der Waals surface area contributed by atoms with E-state index in [1.165, 1.54) is 6.42 Å². The summed E-state index contributed by atoms with van der Waals surface area (Å²) >= 11 is 0. The molecule has 1 N–H and O–H groups in total. The molecule has 0 heterocycles. The predicted molar refractivity (Wildman–Crippen MR) is 45.0 cm³/mol. The number of rotatable bonds is 6. The summed E-state index contributed by atoms with van der Waals surface area (Å²) in [4.78, 5) is 0. The Balaban J connectivity index is 3.07. The van der Waals surface area contributed by atoms with E-state index in [0.29, 0.717) is 0 Å². The van der Waals surface area contributed by atoms with Gasteiger partial charge in [0.15, 0.2) is 0 Å². The highest BCUT2D eigenvalue weighted by Crippen LogP contribution is 2.06. The fourth-order valence-electron chi connectivity index (χ4n) is 0.894. The van der Waals surface area contributed by atoms with Gasteiger partial charge in [0.25, 0.3) is 0 Å². The van der Waals surface area contributed by atoms with Crippen LogP contribution in [0.15, 0.2) is 12.7 Å². The molecule has 10 heavy (non-hydrogen) atoms. The van der Waals surface area contributed by atoms with Crippen LogP contribution in [0.4, 0.5) is 0 Å². The highest BCUT2D eigenvalue weighted by atomic mass is 16.3. The van der Waals surface area contributed by atoms with Gasteiger partial charge in [-0.25, -0.2) is 0 Å². The van der Waals surface area contributed by atoms with E-state index < -0.39 is 0 Å². The molecule has 1 nitrogen and oxygen atoms in total. The molecule has 1 heteroatoms. The number of allylic oxidation sites excluding steroid dienone is 1. The van der Waals surface area contributed by atoms with Gasteiger partial charge in [-0.3, -0.25) is 0 Å². The van der Waals surface area contributed by atoms with Crippen molar-refractivity contribution in [2.45, 2.75) is 45.1 Å². The number of hydrogen-bond donors (Lipinski definition) is 1. The molecular weight excluding hydrogens is 124 g/mol. The Kier molecular flexibility index (Phi) is 6.61. The van der Waals surface area contributed by atoms with Crippen molar-refractivity contribution in [2.24, 2.45) is 0 Å². The molecule has 0 saturated heterocycles. The predicted octanol–water partition coefficient (Wildman–Crippen LogP) is 2.50. The number of hydrogen-bond acceptors (Lipinski definition) is 1. The van der Waals surface area contributed by atoms with Crippen LogP contribution < -0.4 is 0 Å². The molecule has 0 rings (SSSR count). The molecule has 0 aromatic carbocycles. The van der Waals surface area contributed by atoms with E-state index in [-0.39, 0.29) is 6.10 Å². The zero-order valence-corrected chi connectivity index (χ0v) is 6.84. The molecular formula is C9H18O. The summed E-state index contributed by atoms with van der Waals surface area (Å²) in [6, 6.07) is 0. The Morgan fingerprint density at radius 2 is 2.20 bits per heavy atom. The molecule has 0 aliphatic rings. The minimum atomic E-state index is -0.0991. The van der Waals surface area contributed by atoms with Gasteiger partial charge in [0.1, 0.15) is 0 Å². The van der Waals surface area contributed by atoms with Gasteiger partial charge in [-0.2, -0.15) is 0 Å². The quantitative estimate of drug-likeness (QED) is 0.565. The molecule has 0 saturated carbocycles. The van der Waals surface area contributed by atoms with E-state index in [9.17, 15) is 5.11 Å². The summed E-state index contributed by atoms with van der Waals surface area (Å²) in [7, 11) is 0. The fourth-order valence-corrected chi connectivity index (χ4v) is 0.894. The minimum absolute atomic E-state index is 0.0991. The standard InChI is InChI=1S/C9H18O/c1-3-5-7-9(10)8-6-4-2/h3,9-10H,1,4-8H2,2H3. The lowest BCUT2D eigenvalue weighted by atomic mass is 10.1. The van der Waals surface area contributed by atoms with Crippen LogP contribution in [0.2, 0.25) is 0 Å². The molecule has 0 radical (unpaired) electrons. The first-order valence-corrected chi connectivity index (χ1v) is 4.10. The molecule has 0 aromatic heterocycles. The third-order valence-electron chi connectivity index (χ3n) is 1.59. The van der Waals surface area contributed by atoms with Crippen molar-refractivity contribution >= 4 is 0 Å². The Hall–Kier alpha value is -0.300. The second-order valence-electron chi connectivity index (χ2n) is 2.66. The van der Waals surface area contributed by atoms with Gasteiger partial charge in [-0.05, 0) is 19.3 Å². The van der Waals surface area contributed by atoms with Crippen LogP contribution in [0, 0.1) is 0 Å². The van der Waals surface area contributed by atoms with E-state index in [4.69, 9.17) is 0 Å². The third-order valence-corrected chi connectivity index (χ3v) is 1.59. The zero-order chi connectivity index (χ0) is 7.82. The summed E-state index contributed by atoms with van der Waals surface area (Å²) in [6.45, 7) is 5.74. The highest BCUT2D eigenvalue weighted by molar-refractivity contribution is 4.68. The maximum Gasteiger partial charge on any atom is 0.0543 e.